The van der Waals surface area contributed by atoms with Crippen LogP contribution in [0.2, 0.25) is 0 Å². The molecule has 4 nitrogen and oxygen atoms in total. The fourth-order valence-electron chi connectivity index (χ4n) is 2.33. The maximum atomic E-state index is 6.01. The molecule has 1 atom stereocenters. The van der Waals surface area contributed by atoms with Gasteiger partial charge in [0, 0.05) is 17.6 Å². The molecule has 0 saturated heterocycles. The van der Waals surface area contributed by atoms with Crippen LogP contribution >= 0.6 is 0 Å². The molecule has 4 heteroatoms. The minimum absolute atomic E-state index is 0.182. The third-order valence-corrected chi connectivity index (χ3v) is 3.52. The third-order valence-electron chi connectivity index (χ3n) is 3.52. The largest absolute Gasteiger partial charge is 0.327 e. The van der Waals surface area contributed by atoms with Gasteiger partial charge in [0.05, 0.1) is 23.6 Å². The van der Waals surface area contributed by atoms with E-state index in [-0.39, 0.29) is 6.04 Å². The summed E-state index contributed by atoms with van der Waals surface area (Å²) in [7, 11) is 0. The van der Waals surface area contributed by atoms with E-state index >= 15 is 0 Å². The van der Waals surface area contributed by atoms with Crippen molar-refractivity contribution in [2.24, 2.45) is 5.73 Å². The van der Waals surface area contributed by atoms with Crippen molar-refractivity contribution in [2.45, 2.75) is 25.8 Å². The SMILES string of the molecule is CCC(N)Cc1cncc(-n2ncc3ccccc32)c1. The highest BCUT2D eigenvalue weighted by molar-refractivity contribution is 5.80. The topological polar surface area (TPSA) is 56.7 Å². The fourth-order valence-corrected chi connectivity index (χ4v) is 2.33. The van der Waals surface area contributed by atoms with Crippen molar-refractivity contribution in [2.75, 3.05) is 0 Å². The van der Waals surface area contributed by atoms with Crippen molar-refractivity contribution < 1.29 is 0 Å². The molecule has 0 aliphatic rings. The summed E-state index contributed by atoms with van der Waals surface area (Å²) in [5, 5.41) is 5.58. The van der Waals surface area contributed by atoms with Gasteiger partial charge in [-0.05, 0) is 30.5 Å². The molecule has 0 bridgehead atoms. The molecule has 102 valence electrons. The van der Waals surface area contributed by atoms with Gasteiger partial charge in [0.1, 0.15) is 0 Å². The second kappa shape index (κ2) is 5.43. The van der Waals surface area contributed by atoms with Crippen LogP contribution in [0, 0.1) is 0 Å². The highest BCUT2D eigenvalue weighted by atomic mass is 15.3. The lowest BCUT2D eigenvalue weighted by Gasteiger charge is -2.10. The molecule has 0 saturated carbocycles. The van der Waals surface area contributed by atoms with Crippen LogP contribution < -0.4 is 5.73 Å². The number of nitrogens with two attached hydrogens (primary N) is 1. The quantitative estimate of drug-likeness (QED) is 0.790. The first-order valence-electron chi connectivity index (χ1n) is 6.90. The molecular formula is C16H18N4. The summed E-state index contributed by atoms with van der Waals surface area (Å²) < 4.78 is 1.92. The standard InChI is InChI=1S/C16H18N4/c1-2-14(17)7-12-8-15(11-18-9-12)20-16-6-4-3-5-13(16)10-19-20/h3-6,8-11,14H,2,7,17H2,1H3. The predicted octanol–water partition coefficient (Wildman–Crippen LogP) is 2.70. The average molecular weight is 266 g/mol. The molecule has 2 aromatic heterocycles. The minimum Gasteiger partial charge on any atom is -0.327 e. The van der Waals surface area contributed by atoms with Gasteiger partial charge in [-0.3, -0.25) is 4.98 Å². The van der Waals surface area contributed by atoms with Crippen LogP contribution in [0.15, 0.2) is 48.9 Å². The van der Waals surface area contributed by atoms with E-state index in [1.807, 2.05) is 35.4 Å². The monoisotopic (exact) mass is 266 g/mol. The maximum absolute atomic E-state index is 6.01. The smallest absolute Gasteiger partial charge is 0.0838 e. The molecule has 3 aromatic rings. The molecular weight excluding hydrogens is 248 g/mol. The Morgan fingerprint density at radius 1 is 1.20 bits per heavy atom. The molecule has 2 N–H and O–H groups in total. The minimum atomic E-state index is 0.182. The van der Waals surface area contributed by atoms with Gasteiger partial charge in [-0.2, -0.15) is 5.10 Å². The molecule has 0 aliphatic carbocycles. The molecule has 0 amide bonds. The summed E-state index contributed by atoms with van der Waals surface area (Å²) in [6.07, 6.45) is 7.40. The highest BCUT2D eigenvalue weighted by Crippen LogP contribution is 2.18. The molecule has 0 fully saturated rings. The number of benzene rings is 1. The van der Waals surface area contributed by atoms with Gasteiger partial charge in [0.2, 0.25) is 0 Å². The number of hydrogen-bond acceptors (Lipinski definition) is 3. The summed E-state index contributed by atoms with van der Waals surface area (Å²) in [6.45, 7) is 2.10. The van der Waals surface area contributed by atoms with Crippen LogP contribution in [0.1, 0.15) is 18.9 Å². The number of rotatable bonds is 4. The van der Waals surface area contributed by atoms with Crippen molar-refractivity contribution in [3.05, 3.63) is 54.5 Å². The summed E-state index contributed by atoms with van der Waals surface area (Å²) in [6, 6.07) is 10.5. The number of fused-ring (bicyclic) bond motifs is 1. The van der Waals surface area contributed by atoms with Gasteiger partial charge in [0.25, 0.3) is 0 Å². The van der Waals surface area contributed by atoms with Gasteiger partial charge in [-0.25, -0.2) is 4.68 Å². The van der Waals surface area contributed by atoms with Crippen molar-refractivity contribution in [3.8, 4) is 5.69 Å². The molecule has 2 heterocycles. The van der Waals surface area contributed by atoms with Crippen LogP contribution in [0.3, 0.4) is 0 Å². The van der Waals surface area contributed by atoms with Crippen molar-refractivity contribution in [3.63, 3.8) is 0 Å². The van der Waals surface area contributed by atoms with E-state index in [1.54, 1.807) is 0 Å². The summed E-state index contributed by atoms with van der Waals surface area (Å²) >= 11 is 0. The normalized spacial score (nSPS) is 12.7. The van der Waals surface area contributed by atoms with Crippen LogP contribution in [0.4, 0.5) is 0 Å². The van der Waals surface area contributed by atoms with Gasteiger partial charge in [-0.15, -0.1) is 0 Å². The average Bonchev–Trinajstić information content (AvgIpc) is 2.91. The highest BCUT2D eigenvalue weighted by Gasteiger charge is 2.07. The Hall–Kier alpha value is -2.20. The zero-order chi connectivity index (χ0) is 13.9. The van der Waals surface area contributed by atoms with Gasteiger partial charge >= 0.3 is 0 Å². The van der Waals surface area contributed by atoms with Crippen molar-refractivity contribution in [1.29, 1.82) is 0 Å². The second-order valence-corrected chi connectivity index (χ2v) is 5.04. The number of pyridine rings is 1. The van der Waals surface area contributed by atoms with E-state index in [0.29, 0.717) is 0 Å². The molecule has 0 aliphatic heterocycles. The number of para-hydroxylation sites is 1. The summed E-state index contributed by atoms with van der Waals surface area (Å²) in [5.41, 5.74) is 9.23. The molecule has 20 heavy (non-hydrogen) atoms. The lowest BCUT2D eigenvalue weighted by Crippen LogP contribution is -2.21. The Bertz CT molecular complexity index is 717. The lowest BCUT2D eigenvalue weighted by molar-refractivity contribution is 0.644. The van der Waals surface area contributed by atoms with Crippen molar-refractivity contribution >= 4 is 10.9 Å². The predicted molar refractivity (Wildman–Crippen MR) is 80.8 cm³/mol. The van der Waals surface area contributed by atoms with E-state index < -0.39 is 0 Å². The summed E-state index contributed by atoms with van der Waals surface area (Å²) in [5.74, 6) is 0. The van der Waals surface area contributed by atoms with E-state index in [2.05, 4.69) is 35.2 Å². The first-order valence-corrected chi connectivity index (χ1v) is 6.90. The zero-order valence-corrected chi connectivity index (χ0v) is 11.5. The zero-order valence-electron chi connectivity index (χ0n) is 11.5. The van der Waals surface area contributed by atoms with Crippen LogP contribution in [-0.4, -0.2) is 20.8 Å². The molecule has 0 radical (unpaired) electrons. The van der Waals surface area contributed by atoms with Gasteiger partial charge in [0.15, 0.2) is 0 Å². The van der Waals surface area contributed by atoms with Crippen LogP contribution in [0.25, 0.3) is 16.6 Å². The van der Waals surface area contributed by atoms with E-state index in [0.717, 1.165) is 35.0 Å². The van der Waals surface area contributed by atoms with Crippen LogP contribution in [-0.2, 0) is 6.42 Å². The first-order chi connectivity index (χ1) is 9.78. The fraction of sp³-hybridized carbons (Fsp3) is 0.250. The summed E-state index contributed by atoms with van der Waals surface area (Å²) in [4.78, 5) is 4.32. The molecule has 1 aromatic carbocycles. The van der Waals surface area contributed by atoms with Gasteiger partial charge < -0.3 is 5.73 Å². The van der Waals surface area contributed by atoms with E-state index in [1.165, 1.54) is 0 Å². The maximum Gasteiger partial charge on any atom is 0.0838 e. The number of hydrogen-bond donors (Lipinski definition) is 1. The Morgan fingerprint density at radius 2 is 2.05 bits per heavy atom. The Morgan fingerprint density at radius 3 is 2.90 bits per heavy atom. The Kier molecular flexibility index (Phi) is 3.48. The van der Waals surface area contributed by atoms with E-state index in [9.17, 15) is 0 Å². The second-order valence-electron chi connectivity index (χ2n) is 5.04. The number of nitrogens with zero attached hydrogens (tertiary/aromatic N) is 3. The third kappa shape index (κ3) is 2.42. The van der Waals surface area contributed by atoms with Gasteiger partial charge in [-0.1, -0.05) is 25.1 Å². The van der Waals surface area contributed by atoms with Crippen molar-refractivity contribution in [1.82, 2.24) is 14.8 Å². The Labute approximate surface area is 118 Å². The molecule has 1 unspecified atom stereocenters. The molecule has 0 spiro atoms. The van der Waals surface area contributed by atoms with E-state index in [4.69, 9.17) is 5.73 Å². The Balaban J connectivity index is 2.00. The van der Waals surface area contributed by atoms with Crippen LogP contribution in [0.5, 0.6) is 0 Å². The number of aromatic nitrogens is 3. The lowest BCUT2D eigenvalue weighted by atomic mass is 10.1. The first kappa shape index (κ1) is 12.8. The molecule has 3 rings (SSSR count).